The predicted octanol–water partition coefficient (Wildman–Crippen LogP) is 2.61. The van der Waals surface area contributed by atoms with E-state index in [1.165, 1.54) is 18.4 Å². The van der Waals surface area contributed by atoms with Gasteiger partial charge in [0.2, 0.25) is 0 Å². The first kappa shape index (κ1) is 23.8. The van der Waals surface area contributed by atoms with Crippen LogP contribution in [0.5, 0.6) is 5.75 Å². The SMILES string of the molecule is CN=C(NCc1cccc(OCCN(C)C2CCOCC2)c1)N(C)CCOCC1CC1. The van der Waals surface area contributed by atoms with Gasteiger partial charge in [-0.3, -0.25) is 9.89 Å². The molecule has 0 unspecified atom stereocenters. The maximum atomic E-state index is 6.02. The summed E-state index contributed by atoms with van der Waals surface area (Å²) in [4.78, 5) is 8.90. The van der Waals surface area contributed by atoms with Crippen LogP contribution in [0.3, 0.4) is 0 Å². The Kier molecular flexibility index (Phi) is 9.90. The highest BCUT2D eigenvalue weighted by Gasteiger charge is 2.21. The summed E-state index contributed by atoms with van der Waals surface area (Å²) in [7, 11) is 6.04. The molecule has 3 rings (SSSR count). The van der Waals surface area contributed by atoms with Crippen LogP contribution >= 0.6 is 0 Å². The number of nitrogens with one attached hydrogen (secondary N) is 1. The predicted molar refractivity (Wildman–Crippen MR) is 125 cm³/mol. The molecule has 0 radical (unpaired) electrons. The van der Waals surface area contributed by atoms with Crippen LogP contribution in [0.25, 0.3) is 0 Å². The van der Waals surface area contributed by atoms with Crippen LogP contribution in [0.15, 0.2) is 29.3 Å². The molecule has 7 nitrogen and oxygen atoms in total. The normalized spacial score (nSPS) is 17.7. The third-order valence-corrected chi connectivity index (χ3v) is 6.07. The molecule has 1 heterocycles. The van der Waals surface area contributed by atoms with Crippen molar-refractivity contribution in [1.82, 2.24) is 15.1 Å². The lowest BCUT2D eigenvalue weighted by Crippen LogP contribution is -2.40. The molecule has 0 bridgehead atoms. The molecule has 1 saturated carbocycles. The maximum Gasteiger partial charge on any atom is 0.193 e. The molecule has 2 fully saturated rings. The second-order valence-corrected chi connectivity index (χ2v) is 8.66. The third-order valence-electron chi connectivity index (χ3n) is 6.07. The van der Waals surface area contributed by atoms with Crippen molar-refractivity contribution in [3.8, 4) is 5.75 Å². The summed E-state index contributed by atoms with van der Waals surface area (Å²) in [5, 5.41) is 3.44. The van der Waals surface area contributed by atoms with E-state index in [4.69, 9.17) is 14.2 Å². The van der Waals surface area contributed by atoms with Gasteiger partial charge in [0.05, 0.1) is 6.61 Å². The van der Waals surface area contributed by atoms with Crippen molar-refractivity contribution in [1.29, 1.82) is 0 Å². The van der Waals surface area contributed by atoms with Crippen molar-refractivity contribution in [2.75, 3.05) is 67.3 Å². The van der Waals surface area contributed by atoms with Crippen LogP contribution in [0, 0.1) is 5.92 Å². The molecule has 1 saturated heterocycles. The molecule has 0 spiro atoms. The van der Waals surface area contributed by atoms with Crippen molar-refractivity contribution in [2.24, 2.45) is 10.9 Å². The number of hydrogen-bond donors (Lipinski definition) is 1. The van der Waals surface area contributed by atoms with E-state index in [1.807, 2.05) is 26.2 Å². The van der Waals surface area contributed by atoms with Gasteiger partial charge in [-0.1, -0.05) is 12.1 Å². The minimum Gasteiger partial charge on any atom is -0.492 e. The number of likely N-dealkylation sites (N-methyl/N-ethyl adjacent to an activating group) is 2. The maximum absolute atomic E-state index is 6.02. The van der Waals surface area contributed by atoms with E-state index >= 15 is 0 Å². The molecule has 1 aromatic rings. The number of ether oxygens (including phenoxy) is 3. The quantitative estimate of drug-likeness (QED) is 0.311. The molecule has 0 aromatic heterocycles. The summed E-state index contributed by atoms with van der Waals surface area (Å²) in [6, 6.07) is 8.90. The molecule has 174 valence electrons. The van der Waals surface area contributed by atoms with Crippen LogP contribution < -0.4 is 10.1 Å². The van der Waals surface area contributed by atoms with Crippen molar-refractivity contribution in [2.45, 2.75) is 38.3 Å². The Morgan fingerprint density at radius 3 is 2.68 bits per heavy atom. The van der Waals surface area contributed by atoms with Gasteiger partial charge in [-0.25, -0.2) is 0 Å². The number of nitrogens with zero attached hydrogens (tertiary/aromatic N) is 3. The van der Waals surface area contributed by atoms with Gasteiger partial charge in [-0.15, -0.1) is 0 Å². The zero-order chi connectivity index (χ0) is 21.9. The second-order valence-electron chi connectivity index (χ2n) is 8.66. The molecule has 1 aliphatic heterocycles. The molecule has 1 N–H and O–H groups in total. The smallest absolute Gasteiger partial charge is 0.193 e. The summed E-state index contributed by atoms with van der Waals surface area (Å²) in [6.45, 7) is 6.53. The van der Waals surface area contributed by atoms with Gasteiger partial charge in [0.15, 0.2) is 5.96 Å². The van der Waals surface area contributed by atoms with Gasteiger partial charge >= 0.3 is 0 Å². The average molecular weight is 433 g/mol. The summed E-state index contributed by atoms with van der Waals surface area (Å²) < 4.78 is 17.2. The Balaban J connectivity index is 1.36. The first-order valence-corrected chi connectivity index (χ1v) is 11.6. The zero-order valence-corrected chi connectivity index (χ0v) is 19.5. The van der Waals surface area contributed by atoms with Crippen molar-refractivity contribution in [3.63, 3.8) is 0 Å². The van der Waals surface area contributed by atoms with Gasteiger partial charge in [0.25, 0.3) is 0 Å². The lowest BCUT2D eigenvalue weighted by molar-refractivity contribution is 0.0392. The molecule has 1 aliphatic carbocycles. The van der Waals surface area contributed by atoms with Crippen LogP contribution in [-0.4, -0.2) is 89.1 Å². The number of aliphatic imine (C=N–C) groups is 1. The van der Waals surface area contributed by atoms with E-state index < -0.39 is 0 Å². The van der Waals surface area contributed by atoms with Crippen LogP contribution in [0.1, 0.15) is 31.2 Å². The number of hydrogen-bond acceptors (Lipinski definition) is 5. The summed E-state index contributed by atoms with van der Waals surface area (Å²) in [5.41, 5.74) is 1.18. The summed E-state index contributed by atoms with van der Waals surface area (Å²) in [6.07, 6.45) is 4.88. The molecular formula is C24H40N4O3. The van der Waals surface area contributed by atoms with E-state index in [-0.39, 0.29) is 0 Å². The second kappa shape index (κ2) is 12.9. The van der Waals surface area contributed by atoms with E-state index in [0.717, 1.165) is 70.0 Å². The molecule has 0 atom stereocenters. The van der Waals surface area contributed by atoms with Crippen LogP contribution in [-0.2, 0) is 16.0 Å². The van der Waals surface area contributed by atoms with Crippen molar-refractivity contribution >= 4 is 5.96 Å². The highest BCUT2D eigenvalue weighted by molar-refractivity contribution is 5.79. The molecule has 1 aromatic carbocycles. The van der Waals surface area contributed by atoms with Gasteiger partial charge in [0, 0.05) is 59.6 Å². The summed E-state index contributed by atoms with van der Waals surface area (Å²) in [5.74, 6) is 2.59. The monoisotopic (exact) mass is 432 g/mol. The highest BCUT2D eigenvalue weighted by Crippen LogP contribution is 2.28. The van der Waals surface area contributed by atoms with E-state index in [1.54, 1.807) is 0 Å². The Labute approximate surface area is 187 Å². The van der Waals surface area contributed by atoms with Gasteiger partial charge in [-0.2, -0.15) is 0 Å². The van der Waals surface area contributed by atoms with Gasteiger partial charge in [0.1, 0.15) is 12.4 Å². The minimum atomic E-state index is 0.607. The standard InChI is InChI=1S/C24H40N4O3/c1-25-24(28(3)11-15-30-19-20-7-8-20)26-18-21-5-4-6-23(17-21)31-16-12-27(2)22-9-13-29-14-10-22/h4-6,17,20,22H,7-16,18-19H2,1-3H3,(H,25,26). The van der Waals surface area contributed by atoms with Crippen LogP contribution in [0.2, 0.25) is 0 Å². The average Bonchev–Trinajstić information content (AvgIpc) is 3.62. The minimum absolute atomic E-state index is 0.607. The Hall–Kier alpha value is -1.83. The Morgan fingerprint density at radius 2 is 1.94 bits per heavy atom. The van der Waals surface area contributed by atoms with E-state index in [2.05, 4.69) is 39.3 Å². The number of benzene rings is 1. The molecule has 2 aliphatic rings. The van der Waals surface area contributed by atoms with Gasteiger partial charge in [-0.05, 0) is 56.3 Å². The molecule has 7 heteroatoms. The fourth-order valence-corrected chi connectivity index (χ4v) is 3.77. The molecule has 0 amide bonds. The van der Waals surface area contributed by atoms with Crippen molar-refractivity contribution < 1.29 is 14.2 Å². The van der Waals surface area contributed by atoms with Crippen molar-refractivity contribution in [3.05, 3.63) is 29.8 Å². The van der Waals surface area contributed by atoms with Crippen LogP contribution in [0.4, 0.5) is 0 Å². The van der Waals surface area contributed by atoms with Gasteiger partial charge < -0.3 is 24.4 Å². The first-order chi connectivity index (χ1) is 15.2. The highest BCUT2D eigenvalue weighted by atomic mass is 16.5. The molecular weight excluding hydrogens is 392 g/mol. The fourth-order valence-electron chi connectivity index (χ4n) is 3.77. The lowest BCUT2D eigenvalue weighted by atomic mass is 10.1. The first-order valence-electron chi connectivity index (χ1n) is 11.6. The zero-order valence-electron chi connectivity index (χ0n) is 19.5. The fraction of sp³-hybridized carbons (Fsp3) is 0.708. The Morgan fingerprint density at radius 1 is 1.13 bits per heavy atom. The number of rotatable bonds is 12. The topological polar surface area (TPSA) is 58.6 Å². The lowest BCUT2D eigenvalue weighted by Gasteiger charge is -2.31. The summed E-state index contributed by atoms with van der Waals surface area (Å²) >= 11 is 0. The third kappa shape index (κ3) is 8.67. The number of guanidine groups is 1. The largest absolute Gasteiger partial charge is 0.492 e. The van der Waals surface area contributed by atoms with E-state index in [0.29, 0.717) is 19.2 Å². The Bertz CT molecular complexity index is 675. The molecule has 31 heavy (non-hydrogen) atoms. The van der Waals surface area contributed by atoms with E-state index in [9.17, 15) is 0 Å².